The summed E-state index contributed by atoms with van der Waals surface area (Å²) in [5.74, 6) is 0.0977. The Hall–Kier alpha value is -3.92. The summed E-state index contributed by atoms with van der Waals surface area (Å²) in [4.78, 5) is 67.6. The first-order valence-corrected chi connectivity index (χ1v) is 12.8. The van der Waals surface area contributed by atoms with Crippen molar-refractivity contribution in [2.24, 2.45) is 0 Å². The van der Waals surface area contributed by atoms with Crippen molar-refractivity contribution in [1.82, 2.24) is 0 Å². The Balaban J connectivity index is 3.93. The van der Waals surface area contributed by atoms with Gasteiger partial charge < -0.3 is 33.2 Å². The normalized spacial score (nSPS) is 11.1. The zero-order valence-electron chi connectivity index (χ0n) is 20.8. The molecule has 0 bridgehead atoms. The van der Waals surface area contributed by atoms with E-state index in [1.165, 1.54) is 47.3 Å². The van der Waals surface area contributed by atoms with Crippen molar-refractivity contribution >= 4 is 59.3 Å². The van der Waals surface area contributed by atoms with Gasteiger partial charge >= 0.3 is 35.8 Å². The first-order valence-electron chi connectivity index (χ1n) is 10.7. The van der Waals surface area contributed by atoms with Gasteiger partial charge in [-0.25, -0.2) is 14.4 Å². The molecule has 0 aliphatic heterocycles. The van der Waals surface area contributed by atoms with E-state index in [9.17, 15) is 28.8 Å². The average Bonchev–Trinajstić information content (AvgIpc) is 2.89. The molecule has 39 heavy (non-hydrogen) atoms. The molecule has 0 fully saturated rings. The Morgan fingerprint density at radius 1 is 0.769 bits per heavy atom. The molecule has 0 radical (unpaired) electrons. The number of carbonyl (C=O) groups is 6. The van der Waals surface area contributed by atoms with Crippen molar-refractivity contribution in [3.05, 3.63) is 23.0 Å². The van der Waals surface area contributed by atoms with Crippen LogP contribution in [0.3, 0.4) is 0 Å². The third-order valence-corrected chi connectivity index (χ3v) is 5.24. The molecule has 0 aromatic carbocycles. The van der Waals surface area contributed by atoms with Crippen LogP contribution in [0, 0.1) is 24.7 Å². The van der Waals surface area contributed by atoms with Gasteiger partial charge in [-0.15, -0.1) is 36.4 Å². The molecule has 0 saturated heterocycles. The van der Waals surface area contributed by atoms with Crippen molar-refractivity contribution in [2.75, 3.05) is 44.9 Å². The largest absolute Gasteiger partial charge is 0.463 e. The number of hydrogen-bond donors (Lipinski definition) is 0. The summed E-state index contributed by atoms with van der Waals surface area (Å²) >= 11 is 2.61. The van der Waals surface area contributed by atoms with Crippen molar-refractivity contribution in [1.29, 1.82) is 0 Å². The highest BCUT2D eigenvalue weighted by Gasteiger charge is 2.14. The van der Waals surface area contributed by atoms with Crippen molar-refractivity contribution < 1.29 is 61.9 Å². The molecule has 0 aliphatic rings. The predicted molar refractivity (Wildman–Crippen MR) is 137 cm³/mol. The number of rotatable bonds is 19. The number of ether oxygens (including phenoxy) is 7. The molecule has 0 aromatic heterocycles. The first-order chi connectivity index (χ1) is 18.7. The maximum atomic E-state index is 11.8. The van der Waals surface area contributed by atoms with E-state index in [-0.39, 0.29) is 19.8 Å². The third kappa shape index (κ3) is 23.0. The summed E-state index contributed by atoms with van der Waals surface area (Å²) in [6.07, 6.45) is 10.7. The van der Waals surface area contributed by atoms with Gasteiger partial charge in [0.15, 0.2) is 0 Å². The lowest BCUT2D eigenvalue weighted by Crippen LogP contribution is -2.28. The molecule has 0 saturated carbocycles. The predicted octanol–water partition coefficient (Wildman–Crippen LogP) is 0.716. The van der Waals surface area contributed by atoms with E-state index in [4.69, 9.17) is 27.1 Å². The van der Waals surface area contributed by atoms with Crippen LogP contribution in [-0.2, 0) is 61.9 Å². The fraction of sp³-hybridized carbons (Fsp3) is 0.417. The van der Waals surface area contributed by atoms with Gasteiger partial charge in [-0.2, -0.15) is 0 Å². The zero-order chi connectivity index (χ0) is 29.3. The molecule has 1 unspecified atom stereocenters. The maximum Gasteiger partial charge on any atom is 0.386 e. The van der Waals surface area contributed by atoms with Crippen LogP contribution in [0.5, 0.6) is 0 Å². The van der Waals surface area contributed by atoms with Gasteiger partial charge in [0.2, 0.25) is 13.6 Å². The Kier molecular flexibility index (Phi) is 20.9. The lowest BCUT2D eigenvalue weighted by molar-refractivity contribution is -0.171. The minimum absolute atomic E-state index is 0.0262. The van der Waals surface area contributed by atoms with E-state index in [0.717, 1.165) is 6.08 Å². The molecule has 0 amide bonds. The second-order valence-corrected chi connectivity index (χ2v) is 8.43. The van der Waals surface area contributed by atoms with Gasteiger partial charge in [0.25, 0.3) is 0 Å². The second-order valence-electron chi connectivity index (χ2n) is 6.40. The Labute approximate surface area is 233 Å². The topological polar surface area (TPSA) is 167 Å². The summed E-state index contributed by atoms with van der Waals surface area (Å²) in [5, 5.41) is 3.01. The van der Waals surface area contributed by atoms with Crippen molar-refractivity contribution in [3.63, 3.8) is 0 Å². The zero-order valence-corrected chi connectivity index (χ0v) is 22.5. The molecule has 0 aromatic rings. The molecule has 0 heterocycles. The lowest BCUT2D eigenvalue weighted by atomic mass is 10.4. The minimum atomic E-state index is -1.04. The molecular formula is C24H26O13S2. The van der Waals surface area contributed by atoms with E-state index in [2.05, 4.69) is 24.9 Å². The molecule has 0 spiro atoms. The summed E-state index contributed by atoms with van der Waals surface area (Å²) in [7, 11) is 0. The van der Waals surface area contributed by atoms with Crippen LogP contribution in [-0.4, -0.2) is 86.8 Å². The molecule has 0 aliphatic carbocycles. The van der Waals surface area contributed by atoms with Crippen LogP contribution in [0.2, 0.25) is 0 Å². The van der Waals surface area contributed by atoms with Crippen LogP contribution >= 0.6 is 23.5 Å². The maximum absolute atomic E-state index is 11.8. The van der Waals surface area contributed by atoms with E-state index in [0.29, 0.717) is 11.5 Å². The Morgan fingerprint density at radius 2 is 1.31 bits per heavy atom. The molecule has 15 heteroatoms. The van der Waals surface area contributed by atoms with Gasteiger partial charge in [-0.1, -0.05) is 5.92 Å². The van der Waals surface area contributed by atoms with E-state index in [1.54, 1.807) is 5.92 Å². The van der Waals surface area contributed by atoms with Gasteiger partial charge in [0.1, 0.15) is 32.3 Å². The van der Waals surface area contributed by atoms with Crippen LogP contribution in [0.15, 0.2) is 23.0 Å². The van der Waals surface area contributed by atoms with E-state index in [1.807, 2.05) is 0 Å². The number of carbonyl (C=O) groups excluding carboxylic acids is 6. The lowest BCUT2D eigenvalue weighted by Gasteiger charge is -2.15. The monoisotopic (exact) mass is 586 g/mol. The van der Waals surface area contributed by atoms with Gasteiger partial charge in [-0.3, -0.25) is 14.4 Å². The highest BCUT2D eigenvalue weighted by Crippen LogP contribution is 2.09. The highest BCUT2D eigenvalue weighted by molar-refractivity contribution is 8.05. The van der Waals surface area contributed by atoms with Crippen LogP contribution in [0.25, 0.3) is 0 Å². The number of thioether (sulfide) groups is 2. The first kappa shape index (κ1) is 35.1. The molecular weight excluding hydrogens is 560 g/mol. The highest BCUT2D eigenvalue weighted by atomic mass is 32.2. The third-order valence-electron chi connectivity index (χ3n) is 3.44. The van der Waals surface area contributed by atoms with Gasteiger partial charge in [0, 0.05) is 36.5 Å². The number of hydrogen-bond acceptors (Lipinski definition) is 15. The van der Waals surface area contributed by atoms with Crippen molar-refractivity contribution in [2.45, 2.75) is 19.4 Å². The van der Waals surface area contributed by atoms with E-state index < -0.39 is 61.9 Å². The number of esters is 6. The smallest absolute Gasteiger partial charge is 0.386 e. The molecule has 0 N–H and O–H groups in total. The second kappa shape index (κ2) is 23.2. The van der Waals surface area contributed by atoms with Gasteiger partial charge in [0.05, 0.1) is 0 Å². The number of terminal acetylenes is 2. The molecule has 13 nitrogen and oxygen atoms in total. The van der Waals surface area contributed by atoms with Crippen LogP contribution < -0.4 is 0 Å². The standard InChI is InChI=1S/C24H26O13S2/c1-4-8-31-19(14-32-18(3)25)15-33-21(27)6-9-38-11-12-39-10-7-22(28)35-17-37-24(30)13-23(29)36-16-34-20(26)5-2/h1-2,6-7,9-10,19H,8,11-17H2,3H3/b9-6+,10-7?. The molecule has 0 rings (SSSR count). The van der Waals surface area contributed by atoms with Gasteiger partial charge in [-0.05, 0) is 10.8 Å². The Morgan fingerprint density at radius 3 is 1.85 bits per heavy atom. The minimum Gasteiger partial charge on any atom is -0.463 e. The SMILES string of the molecule is C#CCOC(COC(C)=O)COC(=O)/C=C/SCCSC=CC(=O)OCOC(=O)CC(=O)OCOC(=O)C#C. The average molecular weight is 587 g/mol. The van der Waals surface area contributed by atoms with E-state index >= 15 is 0 Å². The molecule has 1 atom stereocenters. The summed E-state index contributed by atoms with van der Waals surface area (Å²) in [6, 6.07) is 0. The van der Waals surface area contributed by atoms with Crippen LogP contribution in [0.4, 0.5) is 0 Å². The Bertz CT molecular complexity index is 975. The summed E-state index contributed by atoms with van der Waals surface area (Å²) in [6.45, 7) is -0.497. The summed E-state index contributed by atoms with van der Waals surface area (Å²) < 4.78 is 33.0. The quantitative estimate of drug-likeness (QED) is 0.0303. The fourth-order valence-electron chi connectivity index (χ4n) is 1.80. The van der Waals surface area contributed by atoms with Crippen LogP contribution in [0.1, 0.15) is 13.3 Å². The molecule has 212 valence electrons. The fourth-order valence-corrected chi connectivity index (χ4v) is 3.25. The van der Waals surface area contributed by atoms with Crippen molar-refractivity contribution in [3.8, 4) is 24.7 Å². The summed E-state index contributed by atoms with van der Waals surface area (Å²) in [5.41, 5.74) is 0.